The van der Waals surface area contributed by atoms with Crippen molar-refractivity contribution in [2.24, 2.45) is 0 Å². The van der Waals surface area contributed by atoms with E-state index < -0.39 is 6.04 Å². The minimum absolute atomic E-state index is 0.131. The Labute approximate surface area is 106 Å². The zero-order valence-corrected chi connectivity index (χ0v) is 10.8. The lowest BCUT2D eigenvalue weighted by Crippen LogP contribution is -2.29. The van der Waals surface area contributed by atoms with Gasteiger partial charge in [-0.1, -0.05) is 0 Å². The molecule has 4 N–H and O–H groups in total. The number of aliphatic hydroxyl groups is 2. The lowest BCUT2D eigenvalue weighted by atomic mass is 10.2. The predicted molar refractivity (Wildman–Crippen MR) is 69.9 cm³/mol. The molecule has 0 amide bonds. The second-order valence-electron chi connectivity index (χ2n) is 4.63. The molecule has 0 atom stereocenters. The average Bonchev–Trinajstić information content (AvgIpc) is 3.22. The van der Waals surface area contributed by atoms with Crippen molar-refractivity contribution >= 4 is 11.6 Å². The standard InChI is InChI=1S/C12H20N4O2/c1-7-10(13-2)15-12(8-3-4-8)16-11(7)14-9(5-17)6-18/h8-9,17-18H,3-6H2,1-2H3,(H2,13,14,15,16). The van der Waals surface area contributed by atoms with E-state index in [0.29, 0.717) is 11.7 Å². The van der Waals surface area contributed by atoms with Crippen LogP contribution < -0.4 is 10.6 Å². The molecule has 0 bridgehead atoms. The third-order valence-electron chi connectivity index (χ3n) is 3.12. The van der Waals surface area contributed by atoms with Crippen LogP contribution in [0, 0.1) is 6.92 Å². The normalized spacial score (nSPS) is 14.9. The summed E-state index contributed by atoms with van der Waals surface area (Å²) < 4.78 is 0. The molecule has 0 radical (unpaired) electrons. The first-order valence-electron chi connectivity index (χ1n) is 6.24. The monoisotopic (exact) mass is 252 g/mol. The van der Waals surface area contributed by atoms with Crippen LogP contribution in [0.15, 0.2) is 0 Å². The summed E-state index contributed by atoms with van der Waals surface area (Å²) in [4.78, 5) is 8.98. The number of hydrogen-bond acceptors (Lipinski definition) is 6. The number of aromatic nitrogens is 2. The molecule has 1 saturated carbocycles. The Balaban J connectivity index is 2.28. The van der Waals surface area contributed by atoms with E-state index in [2.05, 4.69) is 20.6 Å². The Kier molecular flexibility index (Phi) is 3.98. The Hall–Kier alpha value is -1.40. The van der Waals surface area contributed by atoms with Crippen molar-refractivity contribution in [1.29, 1.82) is 0 Å². The zero-order valence-electron chi connectivity index (χ0n) is 10.8. The van der Waals surface area contributed by atoms with E-state index in [-0.39, 0.29) is 13.2 Å². The fraction of sp³-hybridized carbons (Fsp3) is 0.667. The predicted octanol–water partition coefficient (Wildman–Crippen LogP) is 0.469. The molecule has 0 spiro atoms. The summed E-state index contributed by atoms with van der Waals surface area (Å²) in [5.74, 6) is 2.77. The van der Waals surface area contributed by atoms with Gasteiger partial charge in [-0.15, -0.1) is 0 Å². The molecule has 1 aliphatic carbocycles. The van der Waals surface area contributed by atoms with Crippen molar-refractivity contribution in [2.75, 3.05) is 30.9 Å². The number of anilines is 2. The summed E-state index contributed by atoms with van der Waals surface area (Å²) in [6.07, 6.45) is 2.27. The van der Waals surface area contributed by atoms with Crippen LogP contribution in [0.4, 0.5) is 11.6 Å². The Bertz CT molecular complexity index is 417. The first-order valence-corrected chi connectivity index (χ1v) is 6.24. The van der Waals surface area contributed by atoms with Gasteiger partial charge in [0.2, 0.25) is 0 Å². The van der Waals surface area contributed by atoms with Crippen LogP contribution >= 0.6 is 0 Å². The van der Waals surface area contributed by atoms with Gasteiger partial charge in [0, 0.05) is 18.5 Å². The second kappa shape index (κ2) is 5.49. The summed E-state index contributed by atoms with van der Waals surface area (Å²) >= 11 is 0. The smallest absolute Gasteiger partial charge is 0.136 e. The van der Waals surface area contributed by atoms with Crippen LogP contribution in [-0.4, -0.2) is 46.5 Å². The first-order chi connectivity index (χ1) is 8.69. The largest absolute Gasteiger partial charge is 0.394 e. The minimum atomic E-state index is -0.393. The second-order valence-corrected chi connectivity index (χ2v) is 4.63. The number of rotatable bonds is 6. The van der Waals surface area contributed by atoms with Gasteiger partial charge in [0.15, 0.2) is 0 Å². The van der Waals surface area contributed by atoms with Crippen LogP contribution in [-0.2, 0) is 0 Å². The molecule has 100 valence electrons. The number of nitrogens with zero attached hydrogens (tertiary/aromatic N) is 2. The van der Waals surface area contributed by atoms with Crippen molar-refractivity contribution in [3.05, 3.63) is 11.4 Å². The fourth-order valence-corrected chi connectivity index (χ4v) is 1.78. The maximum Gasteiger partial charge on any atom is 0.136 e. The summed E-state index contributed by atoms with van der Waals surface area (Å²) in [5, 5.41) is 24.3. The van der Waals surface area contributed by atoms with Crippen LogP contribution in [0.1, 0.15) is 30.1 Å². The van der Waals surface area contributed by atoms with E-state index >= 15 is 0 Å². The summed E-state index contributed by atoms with van der Waals surface area (Å²) in [7, 11) is 1.82. The molecule has 6 nitrogen and oxygen atoms in total. The van der Waals surface area contributed by atoms with Gasteiger partial charge in [-0.05, 0) is 19.8 Å². The lowest BCUT2D eigenvalue weighted by molar-refractivity contribution is 0.203. The summed E-state index contributed by atoms with van der Waals surface area (Å²) in [5.41, 5.74) is 0.897. The van der Waals surface area contributed by atoms with Crippen molar-refractivity contribution in [1.82, 2.24) is 9.97 Å². The molecule has 0 unspecified atom stereocenters. The third-order valence-corrected chi connectivity index (χ3v) is 3.12. The number of hydrogen-bond donors (Lipinski definition) is 4. The SMILES string of the molecule is CNc1nc(C2CC2)nc(NC(CO)CO)c1C. The minimum Gasteiger partial charge on any atom is -0.394 e. The first kappa shape index (κ1) is 13.0. The van der Waals surface area contributed by atoms with Crippen molar-refractivity contribution in [2.45, 2.75) is 31.7 Å². The van der Waals surface area contributed by atoms with Gasteiger partial charge in [-0.3, -0.25) is 0 Å². The molecule has 0 saturated heterocycles. The van der Waals surface area contributed by atoms with Gasteiger partial charge in [-0.25, -0.2) is 9.97 Å². The molecular weight excluding hydrogens is 232 g/mol. The van der Waals surface area contributed by atoms with Crippen LogP contribution in [0.25, 0.3) is 0 Å². The average molecular weight is 252 g/mol. The Morgan fingerprint density at radius 1 is 1.22 bits per heavy atom. The Morgan fingerprint density at radius 2 is 1.83 bits per heavy atom. The molecule has 2 rings (SSSR count). The van der Waals surface area contributed by atoms with Crippen LogP contribution in [0.3, 0.4) is 0 Å². The van der Waals surface area contributed by atoms with Gasteiger partial charge in [-0.2, -0.15) is 0 Å². The zero-order chi connectivity index (χ0) is 13.1. The lowest BCUT2D eigenvalue weighted by Gasteiger charge is -2.18. The molecule has 18 heavy (non-hydrogen) atoms. The maximum atomic E-state index is 9.11. The van der Waals surface area contributed by atoms with Gasteiger partial charge in [0.1, 0.15) is 17.5 Å². The highest BCUT2D eigenvalue weighted by Gasteiger charge is 2.28. The van der Waals surface area contributed by atoms with Crippen LogP contribution in [0.5, 0.6) is 0 Å². The van der Waals surface area contributed by atoms with Crippen molar-refractivity contribution in [3.8, 4) is 0 Å². The Morgan fingerprint density at radius 3 is 2.33 bits per heavy atom. The van der Waals surface area contributed by atoms with E-state index in [1.807, 2.05) is 14.0 Å². The van der Waals surface area contributed by atoms with Gasteiger partial charge in [0.25, 0.3) is 0 Å². The number of aliphatic hydroxyl groups excluding tert-OH is 2. The molecule has 1 aromatic rings. The van der Waals surface area contributed by atoms with E-state index in [0.717, 1.165) is 30.0 Å². The quantitative estimate of drug-likeness (QED) is 0.588. The van der Waals surface area contributed by atoms with E-state index in [1.54, 1.807) is 0 Å². The topological polar surface area (TPSA) is 90.3 Å². The molecular formula is C12H20N4O2. The maximum absolute atomic E-state index is 9.11. The highest BCUT2D eigenvalue weighted by atomic mass is 16.3. The fourth-order valence-electron chi connectivity index (χ4n) is 1.78. The van der Waals surface area contributed by atoms with Crippen molar-refractivity contribution < 1.29 is 10.2 Å². The molecule has 1 heterocycles. The summed E-state index contributed by atoms with van der Waals surface area (Å²) in [6, 6.07) is -0.393. The molecule has 1 fully saturated rings. The molecule has 1 aromatic heterocycles. The summed E-state index contributed by atoms with van der Waals surface area (Å²) in [6.45, 7) is 1.65. The molecule has 0 aromatic carbocycles. The van der Waals surface area contributed by atoms with E-state index in [1.165, 1.54) is 0 Å². The van der Waals surface area contributed by atoms with Crippen molar-refractivity contribution in [3.63, 3.8) is 0 Å². The van der Waals surface area contributed by atoms with E-state index in [4.69, 9.17) is 10.2 Å². The van der Waals surface area contributed by atoms with Gasteiger partial charge >= 0.3 is 0 Å². The van der Waals surface area contributed by atoms with Crippen LogP contribution in [0.2, 0.25) is 0 Å². The van der Waals surface area contributed by atoms with E-state index in [9.17, 15) is 0 Å². The molecule has 6 heteroatoms. The molecule has 1 aliphatic rings. The highest BCUT2D eigenvalue weighted by Crippen LogP contribution is 2.39. The molecule has 0 aliphatic heterocycles. The van der Waals surface area contributed by atoms with Gasteiger partial charge < -0.3 is 20.8 Å². The van der Waals surface area contributed by atoms with Gasteiger partial charge in [0.05, 0.1) is 19.3 Å². The third kappa shape index (κ3) is 2.70. The highest BCUT2D eigenvalue weighted by molar-refractivity contribution is 5.57. The number of nitrogens with one attached hydrogen (secondary N) is 2.